The lowest BCUT2D eigenvalue weighted by atomic mass is 10.3. The van der Waals surface area contributed by atoms with Crippen molar-refractivity contribution in [3.05, 3.63) is 4.91 Å². The number of amides is 1. The molecule has 1 aliphatic rings. The van der Waals surface area contributed by atoms with Crippen LogP contribution in [0.2, 0.25) is 0 Å². The van der Waals surface area contributed by atoms with Gasteiger partial charge in [-0.1, -0.05) is 31.2 Å². The molecule has 0 N–H and O–H groups in total. The smallest absolute Gasteiger partial charge is 0.322 e. The van der Waals surface area contributed by atoms with E-state index in [9.17, 15) is 19.3 Å². The molecule has 0 aromatic rings. The fourth-order valence-electron chi connectivity index (χ4n) is 1.51. The first kappa shape index (κ1) is 32.5. The van der Waals surface area contributed by atoms with Crippen molar-refractivity contribution in [3.8, 4) is 0 Å². The number of carbonyl (C=O) groups excluding carboxylic acids is 3. The fourth-order valence-corrected chi connectivity index (χ4v) is 1.51. The lowest BCUT2D eigenvalue weighted by Crippen LogP contribution is -2.34. The van der Waals surface area contributed by atoms with Gasteiger partial charge in [-0.2, -0.15) is 0 Å². The van der Waals surface area contributed by atoms with Crippen LogP contribution in [-0.2, 0) is 38.4 Å². The van der Waals surface area contributed by atoms with Crippen molar-refractivity contribution in [1.82, 2.24) is 10.4 Å². The molecule has 1 heterocycles. The van der Waals surface area contributed by atoms with Gasteiger partial charge in [-0.25, -0.2) is 9.68 Å². The van der Waals surface area contributed by atoms with Crippen molar-refractivity contribution in [3.63, 3.8) is 0 Å². The van der Waals surface area contributed by atoms with E-state index in [4.69, 9.17) is 14.3 Å². The van der Waals surface area contributed by atoms with Crippen molar-refractivity contribution in [2.24, 2.45) is 5.29 Å². The number of rotatable bonds is 13. The largest absolute Gasteiger partial charge is 0.381 e. The molecule has 1 amide bonds. The van der Waals surface area contributed by atoms with Crippen LogP contribution in [0.25, 0.3) is 0 Å². The zero-order valence-corrected chi connectivity index (χ0v) is 18.7. The van der Waals surface area contributed by atoms with Gasteiger partial charge in [-0.3, -0.25) is 9.59 Å². The SMILES string of the molecule is CC.CCCOCCCOCCC=O.CN(N=O)OC=O.CON1OCCCC1=O. The van der Waals surface area contributed by atoms with E-state index in [1.54, 1.807) is 0 Å². The minimum absolute atomic E-state index is 0.108. The van der Waals surface area contributed by atoms with Crippen LogP contribution in [0.5, 0.6) is 0 Å². The molecule has 0 aromatic carbocycles. The Morgan fingerprint density at radius 2 is 1.80 bits per heavy atom. The number of hydrogen-bond donors (Lipinski definition) is 0. The number of nitrogens with zero attached hydrogens (tertiary/aromatic N) is 3. The highest BCUT2D eigenvalue weighted by atomic mass is 17.0. The second-order valence-corrected chi connectivity index (χ2v) is 5.05. The van der Waals surface area contributed by atoms with E-state index >= 15 is 0 Å². The van der Waals surface area contributed by atoms with E-state index in [1.807, 2.05) is 13.8 Å². The van der Waals surface area contributed by atoms with Crippen molar-refractivity contribution in [2.45, 2.75) is 52.9 Å². The van der Waals surface area contributed by atoms with Crippen LogP contribution in [-0.4, -0.2) is 76.3 Å². The lowest BCUT2D eigenvalue weighted by molar-refractivity contribution is -0.338. The third kappa shape index (κ3) is 25.9. The first-order valence-electron chi connectivity index (χ1n) is 9.83. The molecule has 0 spiro atoms. The van der Waals surface area contributed by atoms with E-state index in [2.05, 4.69) is 21.9 Å². The molecule has 0 radical (unpaired) electrons. The predicted molar refractivity (Wildman–Crippen MR) is 108 cm³/mol. The molecule has 1 rings (SSSR count). The van der Waals surface area contributed by atoms with Crippen LogP contribution in [0.4, 0.5) is 0 Å². The maximum Gasteiger partial charge on any atom is 0.322 e. The summed E-state index contributed by atoms with van der Waals surface area (Å²) in [5, 5.41) is 3.64. The summed E-state index contributed by atoms with van der Waals surface area (Å²) in [6.07, 6.45) is 4.65. The van der Waals surface area contributed by atoms with Crippen LogP contribution in [0.1, 0.15) is 52.9 Å². The molecule has 12 nitrogen and oxygen atoms in total. The highest BCUT2D eigenvalue weighted by Crippen LogP contribution is 2.06. The van der Waals surface area contributed by atoms with Crippen LogP contribution in [0, 0.1) is 4.91 Å². The van der Waals surface area contributed by atoms with Crippen LogP contribution < -0.4 is 0 Å². The molecule has 12 heteroatoms. The Kier molecular flexibility index (Phi) is 31.5. The number of hydroxylamine groups is 3. The summed E-state index contributed by atoms with van der Waals surface area (Å²) in [5.41, 5.74) is 0. The molecule has 0 bridgehead atoms. The maximum absolute atomic E-state index is 10.7. The monoisotopic (exact) mass is 439 g/mol. The summed E-state index contributed by atoms with van der Waals surface area (Å²) in [6.45, 7) is 9.58. The van der Waals surface area contributed by atoms with Gasteiger partial charge in [-0.15, -0.1) is 4.91 Å². The highest BCUT2D eigenvalue weighted by molar-refractivity contribution is 5.74. The van der Waals surface area contributed by atoms with Gasteiger partial charge < -0.3 is 19.1 Å². The Hall–Kier alpha value is -2.15. The molecule has 0 atom stereocenters. The molecule has 1 aliphatic heterocycles. The standard InChI is InChI=1S/C9H18O3.C5H9NO3.C2H4N2O3.C2H6/c1-2-6-11-8-4-9-12-7-3-5-10;1-8-6-5(7)3-2-4-9-6;1-4(3-6)7-2-5;1-2/h5H,2-4,6-9H2,1H3;2-4H2,1H3;2H,1H3;1-2H3. The average Bonchev–Trinajstić information content (AvgIpc) is 2.78. The molecule has 178 valence electrons. The Morgan fingerprint density at radius 3 is 2.20 bits per heavy atom. The Bertz CT molecular complexity index is 401. The van der Waals surface area contributed by atoms with Crippen LogP contribution >= 0.6 is 0 Å². The molecule has 0 saturated carbocycles. The van der Waals surface area contributed by atoms with Crippen molar-refractivity contribution in [1.29, 1.82) is 0 Å². The minimum Gasteiger partial charge on any atom is -0.381 e. The van der Waals surface area contributed by atoms with Gasteiger partial charge in [-0.05, 0) is 19.3 Å². The lowest BCUT2D eigenvalue weighted by Gasteiger charge is -2.21. The third-order valence-electron chi connectivity index (χ3n) is 2.73. The van der Waals surface area contributed by atoms with Crippen LogP contribution in [0.15, 0.2) is 5.29 Å². The molecule has 0 aliphatic carbocycles. The average molecular weight is 440 g/mol. The number of aldehydes is 1. The third-order valence-corrected chi connectivity index (χ3v) is 2.73. The first-order valence-corrected chi connectivity index (χ1v) is 9.83. The summed E-state index contributed by atoms with van der Waals surface area (Å²) in [5.74, 6) is -0.108. The molecule has 1 saturated heterocycles. The zero-order chi connectivity index (χ0) is 23.5. The predicted octanol–water partition coefficient (Wildman–Crippen LogP) is 2.22. The Balaban J connectivity index is -0.000000361. The molecule has 1 fully saturated rings. The van der Waals surface area contributed by atoms with Gasteiger partial charge in [0.1, 0.15) is 6.29 Å². The van der Waals surface area contributed by atoms with Crippen molar-refractivity contribution in [2.75, 3.05) is 47.2 Å². The Labute approximate surface area is 178 Å². The maximum atomic E-state index is 10.7. The van der Waals surface area contributed by atoms with E-state index in [0.717, 1.165) is 44.0 Å². The fraction of sp³-hybridized carbons (Fsp3) is 0.833. The van der Waals surface area contributed by atoms with Gasteiger partial charge >= 0.3 is 6.47 Å². The van der Waals surface area contributed by atoms with Gasteiger partial charge in [0.05, 0.1) is 32.7 Å². The summed E-state index contributed by atoms with van der Waals surface area (Å²) in [6, 6.07) is 0. The Morgan fingerprint density at radius 1 is 1.17 bits per heavy atom. The number of carbonyl (C=O) groups is 3. The molecular formula is C18H37N3O9. The number of hydrogen-bond acceptors (Lipinski definition) is 10. The van der Waals surface area contributed by atoms with Gasteiger partial charge in [0.2, 0.25) is 0 Å². The van der Waals surface area contributed by atoms with E-state index in [0.29, 0.717) is 37.8 Å². The zero-order valence-electron chi connectivity index (χ0n) is 18.7. The topological polar surface area (TPSA) is 133 Å². The molecule has 30 heavy (non-hydrogen) atoms. The molecular weight excluding hydrogens is 402 g/mol. The second kappa shape index (κ2) is 29.1. The first-order chi connectivity index (χ1) is 14.6. The summed E-state index contributed by atoms with van der Waals surface area (Å²) in [4.78, 5) is 52.4. The number of ether oxygens (including phenoxy) is 2. The van der Waals surface area contributed by atoms with E-state index in [-0.39, 0.29) is 12.4 Å². The van der Waals surface area contributed by atoms with Gasteiger partial charge in [0.25, 0.3) is 5.91 Å². The summed E-state index contributed by atoms with van der Waals surface area (Å²) >= 11 is 0. The highest BCUT2D eigenvalue weighted by Gasteiger charge is 2.18. The van der Waals surface area contributed by atoms with Crippen molar-refractivity contribution >= 4 is 18.7 Å². The minimum atomic E-state index is -0.108. The normalized spacial score (nSPS) is 12.0. The number of nitroso groups, excluding NO2 is 1. The van der Waals surface area contributed by atoms with E-state index < -0.39 is 0 Å². The summed E-state index contributed by atoms with van der Waals surface area (Å²) in [7, 11) is 2.62. The van der Waals surface area contributed by atoms with Crippen molar-refractivity contribution < 1.29 is 38.4 Å². The van der Waals surface area contributed by atoms with Crippen LogP contribution in [0.3, 0.4) is 0 Å². The second-order valence-electron chi connectivity index (χ2n) is 5.05. The van der Waals surface area contributed by atoms with Gasteiger partial charge in [0, 0.05) is 32.7 Å². The molecule has 0 unspecified atom stereocenters. The van der Waals surface area contributed by atoms with E-state index in [1.165, 1.54) is 14.2 Å². The summed E-state index contributed by atoms with van der Waals surface area (Å²) < 4.78 is 10.4. The van der Waals surface area contributed by atoms with Gasteiger partial charge in [0.15, 0.2) is 0 Å². The quantitative estimate of drug-likeness (QED) is 0.182. The molecule has 0 aromatic heterocycles.